The molecule has 2 amide bonds. The summed E-state index contributed by atoms with van der Waals surface area (Å²) in [6, 6.07) is 5.09. The van der Waals surface area contributed by atoms with Crippen LogP contribution in [0, 0.1) is 0 Å². The Morgan fingerprint density at radius 1 is 1.08 bits per heavy atom. The van der Waals surface area contributed by atoms with E-state index in [1.54, 1.807) is 28.0 Å². The molecule has 3 rings (SSSR count). The van der Waals surface area contributed by atoms with Gasteiger partial charge in [-0.25, -0.2) is 9.97 Å². The number of hydrogen-bond donors (Lipinski definition) is 1. The number of amides is 2. The van der Waals surface area contributed by atoms with E-state index in [1.807, 2.05) is 0 Å². The smallest absolute Gasteiger partial charge is 0.257 e. The fourth-order valence-electron chi connectivity index (χ4n) is 2.42. The van der Waals surface area contributed by atoms with Crippen molar-refractivity contribution in [2.75, 3.05) is 31.5 Å². The Morgan fingerprint density at radius 2 is 1.76 bits per heavy atom. The molecule has 1 aliphatic rings. The highest BCUT2D eigenvalue weighted by Crippen LogP contribution is 2.26. The van der Waals surface area contributed by atoms with Crippen LogP contribution in [0.25, 0.3) is 0 Å². The fraction of sp³-hybridized carbons (Fsp3) is 0.250. The Labute approximate surface area is 154 Å². The van der Waals surface area contributed by atoms with Crippen LogP contribution in [0.15, 0.2) is 30.6 Å². The van der Waals surface area contributed by atoms with E-state index >= 15 is 0 Å². The normalized spacial score (nSPS) is 14.3. The summed E-state index contributed by atoms with van der Waals surface area (Å²) < 4.78 is 0. The van der Waals surface area contributed by atoms with Gasteiger partial charge in [-0.2, -0.15) is 0 Å². The monoisotopic (exact) mass is 379 g/mol. The van der Waals surface area contributed by atoms with Gasteiger partial charge in [0, 0.05) is 44.3 Å². The molecular formula is C16H15Cl2N5O2. The van der Waals surface area contributed by atoms with Gasteiger partial charge in [-0.1, -0.05) is 23.2 Å². The lowest BCUT2D eigenvalue weighted by atomic mass is 10.2. The standard InChI is InChI=1S/C16H15Cl2N5O2/c17-13-2-1-12(7-14(13)18)21-16-19-8-11(9-20-16)15(25)23-5-3-22(10-24)4-6-23/h1-2,7-10H,3-6H2,(H,19,20,21). The van der Waals surface area contributed by atoms with E-state index in [0.717, 1.165) is 6.41 Å². The summed E-state index contributed by atoms with van der Waals surface area (Å²) in [6.45, 7) is 2.07. The van der Waals surface area contributed by atoms with Gasteiger partial charge in [0.15, 0.2) is 0 Å². The van der Waals surface area contributed by atoms with Crippen LogP contribution in [0.5, 0.6) is 0 Å². The minimum Gasteiger partial charge on any atom is -0.342 e. The van der Waals surface area contributed by atoms with E-state index < -0.39 is 0 Å². The molecule has 1 saturated heterocycles. The Balaban J connectivity index is 1.64. The molecule has 9 heteroatoms. The van der Waals surface area contributed by atoms with E-state index in [1.165, 1.54) is 12.4 Å². The topological polar surface area (TPSA) is 78.4 Å². The molecule has 7 nitrogen and oxygen atoms in total. The van der Waals surface area contributed by atoms with Gasteiger partial charge in [-0.3, -0.25) is 9.59 Å². The zero-order chi connectivity index (χ0) is 17.8. The number of anilines is 2. The van der Waals surface area contributed by atoms with Gasteiger partial charge in [0.05, 0.1) is 15.6 Å². The first kappa shape index (κ1) is 17.4. The van der Waals surface area contributed by atoms with Crippen LogP contribution in [-0.4, -0.2) is 58.3 Å². The predicted octanol–water partition coefficient (Wildman–Crippen LogP) is 2.44. The second-order valence-electron chi connectivity index (χ2n) is 5.48. The SMILES string of the molecule is O=CN1CCN(C(=O)c2cnc(Nc3ccc(Cl)c(Cl)c3)nc2)CC1. The zero-order valence-electron chi connectivity index (χ0n) is 13.2. The molecule has 1 aliphatic heterocycles. The van der Waals surface area contributed by atoms with Gasteiger partial charge in [-0.05, 0) is 18.2 Å². The quantitative estimate of drug-likeness (QED) is 0.825. The van der Waals surface area contributed by atoms with Crippen LogP contribution in [-0.2, 0) is 4.79 Å². The molecular weight excluding hydrogens is 365 g/mol. The van der Waals surface area contributed by atoms with Crippen LogP contribution < -0.4 is 5.32 Å². The fourth-order valence-corrected chi connectivity index (χ4v) is 2.72. The average molecular weight is 380 g/mol. The van der Waals surface area contributed by atoms with E-state index in [4.69, 9.17) is 23.2 Å². The van der Waals surface area contributed by atoms with E-state index in [0.29, 0.717) is 53.4 Å². The molecule has 2 heterocycles. The van der Waals surface area contributed by atoms with Crippen molar-refractivity contribution < 1.29 is 9.59 Å². The molecule has 130 valence electrons. The van der Waals surface area contributed by atoms with Crippen LogP contribution in [0.1, 0.15) is 10.4 Å². The minimum atomic E-state index is -0.147. The van der Waals surface area contributed by atoms with Crippen LogP contribution >= 0.6 is 23.2 Å². The van der Waals surface area contributed by atoms with Gasteiger partial charge in [0.1, 0.15) is 0 Å². The molecule has 25 heavy (non-hydrogen) atoms. The molecule has 0 bridgehead atoms. The molecule has 0 unspecified atom stereocenters. The van der Waals surface area contributed by atoms with E-state index in [-0.39, 0.29) is 5.91 Å². The van der Waals surface area contributed by atoms with Crippen LogP contribution in [0.4, 0.5) is 11.6 Å². The third kappa shape index (κ3) is 4.18. The summed E-state index contributed by atoms with van der Waals surface area (Å²) in [5.74, 6) is 0.201. The van der Waals surface area contributed by atoms with Crippen molar-refractivity contribution in [3.63, 3.8) is 0 Å². The Bertz CT molecular complexity index is 777. The molecule has 0 radical (unpaired) electrons. The third-order valence-corrected chi connectivity index (χ3v) is 4.56. The third-order valence-electron chi connectivity index (χ3n) is 3.83. The Hall–Kier alpha value is -2.38. The highest BCUT2D eigenvalue weighted by Gasteiger charge is 2.21. The second-order valence-corrected chi connectivity index (χ2v) is 6.30. The first-order valence-electron chi connectivity index (χ1n) is 7.59. The summed E-state index contributed by atoms with van der Waals surface area (Å²) in [5.41, 5.74) is 1.10. The minimum absolute atomic E-state index is 0.147. The van der Waals surface area contributed by atoms with Crippen molar-refractivity contribution >= 4 is 47.2 Å². The number of piperazine rings is 1. The van der Waals surface area contributed by atoms with Gasteiger partial charge < -0.3 is 15.1 Å². The number of benzene rings is 1. The van der Waals surface area contributed by atoms with E-state index in [2.05, 4.69) is 15.3 Å². The van der Waals surface area contributed by atoms with Crippen molar-refractivity contribution in [3.05, 3.63) is 46.2 Å². The summed E-state index contributed by atoms with van der Waals surface area (Å²) in [7, 11) is 0. The molecule has 1 N–H and O–H groups in total. The molecule has 0 aliphatic carbocycles. The number of halogens is 2. The zero-order valence-corrected chi connectivity index (χ0v) is 14.7. The van der Waals surface area contributed by atoms with Gasteiger partial charge in [0.2, 0.25) is 12.4 Å². The first-order valence-corrected chi connectivity index (χ1v) is 8.35. The van der Waals surface area contributed by atoms with Crippen molar-refractivity contribution in [3.8, 4) is 0 Å². The maximum Gasteiger partial charge on any atom is 0.257 e. The number of carbonyl (C=O) groups excluding carboxylic acids is 2. The number of aromatic nitrogens is 2. The Morgan fingerprint density at radius 3 is 2.36 bits per heavy atom. The van der Waals surface area contributed by atoms with Crippen LogP contribution in [0.3, 0.4) is 0 Å². The maximum absolute atomic E-state index is 12.4. The molecule has 1 fully saturated rings. The number of carbonyl (C=O) groups is 2. The van der Waals surface area contributed by atoms with E-state index in [9.17, 15) is 9.59 Å². The average Bonchev–Trinajstić information content (AvgIpc) is 2.65. The van der Waals surface area contributed by atoms with Gasteiger partial charge in [-0.15, -0.1) is 0 Å². The lowest BCUT2D eigenvalue weighted by Gasteiger charge is -2.32. The molecule has 2 aromatic rings. The largest absolute Gasteiger partial charge is 0.342 e. The first-order chi connectivity index (χ1) is 12.1. The molecule has 0 spiro atoms. The summed E-state index contributed by atoms with van der Waals surface area (Å²) in [5, 5.41) is 3.88. The van der Waals surface area contributed by atoms with Crippen molar-refractivity contribution in [2.24, 2.45) is 0 Å². The molecule has 1 aromatic carbocycles. The number of hydrogen-bond acceptors (Lipinski definition) is 5. The second kappa shape index (κ2) is 7.67. The summed E-state index contributed by atoms with van der Waals surface area (Å²) in [4.78, 5) is 34.8. The number of nitrogens with zero attached hydrogens (tertiary/aromatic N) is 4. The van der Waals surface area contributed by atoms with Crippen molar-refractivity contribution in [1.82, 2.24) is 19.8 Å². The highest BCUT2D eigenvalue weighted by atomic mass is 35.5. The highest BCUT2D eigenvalue weighted by molar-refractivity contribution is 6.42. The van der Waals surface area contributed by atoms with Crippen molar-refractivity contribution in [1.29, 1.82) is 0 Å². The Kier molecular flexibility index (Phi) is 5.35. The summed E-state index contributed by atoms with van der Waals surface area (Å²) in [6.07, 6.45) is 3.75. The number of nitrogens with one attached hydrogen (secondary N) is 1. The van der Waals surface area contributed by atoms with Crippen LogP contribution in [0.2, 0.25) is 10.0 Å². The number of rotatable bonds is 4. The lowest BCUT2D eigenvalue weighted by molar-refractivity contribution is -0.119. The van der Waals surface area contributed by atoms with Crippen molar-refractivity contribution in [2.45, 2.75) is 0 Å². The lowest BCUT2D eigenvalue weighted by Crippen LogP contribution is -2.48. The molecule has 0 saturated carbocycles. The maximum atomic E-state index is 12.4. The van der Waals surface area contributed by atoms with Gasteiger partial charge in [0.25, 0.3) is 5.91 Å². The molecule has 0 atom stereocenters. The van der Waals surface area contributed by atoms with Gasteiger partial charge >= 0.3 is 0 Å². The molecule has 1 aromatic heterocycles. The predicted molar refractivity (Wildman–Crippen MR) is 95.3 cm³/mol. The summed E-state index contributed by atoms with van der Waals surface area (Å²) >= 11 is 11.8.